The molecule has 0 amide bonds. The van der Waals surface area contributed by atoms with Crippen molar-refractivity contribution in [2.45, 2.75) is 13.1 Å². The third-order valence-corrected chi connectivity index (χ3v) is 4.07. The zero-order chi connectivity index (χ0) is 12.7. The third kappa shape index (κ3) is 2.05. The number of hydrogen-bond donors (Lipinski definition) is 1. The summed E-state index contributed by atoms with van der Waals surface area (Å²) >= 11 is 2.18. The Bertz CT molecular complexity index is 613. The van der Waals surface area contributed by atoms with Crippen molar-refractivity contribution in [1.82, 2.24) is 0 Å². The van der Waals surface area contributed by atoms with Crippen molar-refractivity contribution in [3.05, 3.63) is 56.9 Å². The molecule has 1 heterocycles. The number of nitrogen functional groups attached to an aromatic ring is 1. The fourth-order valence-electron chi connectivity index (χ4n) is 2.32. The molecule has 0 aromatic heterocycles. The standard InChI is InChI=1S/C14H12FIN2/c15-11-2-4-14(13(16)6-11)18-7-9-1-3-12(17)5-10(9)8-18/h1-6H,7-8,17H2. The molecule has 0 radical (unpaired) electrons. The Morgan fingerprint density at radius 3 is 2.61 bits per heavy atom. The quantitative estimate of drug-likeness (QED) is 0.627. The minimum atomic E-state index is -0.191. The van der Waals surface area contributed by atoms with Crippen LogP contribution in [-0.4, -0.2) is 0 Å². The molecule has 0 spiro atoms. The van der Waals surface area contributed by atoms with Crippen molar-refractivity contribution < 1.29 is 4.39 Å². The minimum absolute atomic E-state index is 0.191. The summed E-state index contributed by atoms with van der Waals surface area (Å²) < 4.78 is 14.0. The van der Waals surface area contributed by atoms with Crippen LogP contribution in [0.5, 0.6) is 0 Å². The van der Waals surface area contributed by atoms with Crippen molar-refractivity contribution >= 4 is 34.0 Å². The molecule has 0 fully saturated rings. The summed E-state index contributed by atoms with van der Waals surface area (Å²) in [4.78, 5) is 2.24. The molecule has 2 aromatic carbocycles. The predicted molar refractivity (Wildman–Crippen MR) is 79.9 cm³/mol. The zero-order valence-electron chi connectivity index (χ0n) is 9.66. The van der Waals surface area contributed by atoms with Gasteiger partial charge in [0.1, 0.15) is 5.82 Å². The van der Waals surface area contributed by atoms with Gasteiger partial charge >= 0.3 is 0 Å². The van der Waals surface area contributed by atoms with E-state index >= 15 is 0 Å². The number of fused-ring (bicyclic) bond motifs is 1. The SMILES string of the molecule is Nc1ccc2c(c1)CN(c1ccc(F)cc1I)C2. The smallest absolute Gasteiger partial charge is 0.124 e. The number of hydrogen-bond acceptors (Lipinski definition) is 2. The van der Waals surface area contributed by atoms with Crippen molar-refractivity contribution in [3.8, 4) is 0 Å². The summed E-state index contributed by atoms with van der Waals surface area (Å²) in [5, 5.41) is 0. The van der Waals surface area contributed by atoms with Gasteiger partial charge in [0.25, 0.3) is 0 Å². The Morgan fingerprint density at radius 1 is 1.06 bits per heavy atom. The van der Waals surface area contributed by atoms with E-state index in [2.05, 4.69) is 33.6 Å². The summed E-state index contributed by atoms with van der Waals surface area (Å²) in [7, 11) is 0. The van der Waals surface area contributed by atoms with Crippen LogP contribution in [0.15, 0.2) is 36.4 Å². The Hall–Kier alpha value is -1.30. The number of nitrogens with zero attached hydrogens (tertiary/aromatic N) is 1. The maximum Gasteiger partial charge on any atom is 0.124 e. The summed E-state index contributed by atoms with van der Waals surface area (Å²) in [5.74, 6) is -0.191. The molecule has 0 bridgehead atoms. The fraction of sp³-hybridized carbons (Fsp3) is 0.143. The average molecular weight is 354 g/mol. The largest absolute Gasteiger partial charge is 0.399 e. The molecule has 3 rings (SSSR count). The summed E-state index contributed by atoms with van der Waals surface area (Å²) in [6, 6.07) is 10.9. The molecule has 4 heteroatoms. The first-order chi connectivity index (χ1) is 8.63. The minimum Gasteiger partial charge on any atom is -0.399 e. The fourth-order valence-corrected chi connectivity index (χ4v) is 3.14. The van der Waals surface area contributed by atoms with Gasteiger partial charge in [-0.25, -0.2) is 4.39 Å². The molecule has 92 valence electrons. The highest BCUT2D eigenvalue weighted by molar-refractivity contribution is 14.1. The van der Waals surface area contributed by atoms with Crippen LogP contribution in [0.2, 0.25) is 0 Å². The van der Waals surface area contributed by atoms with E-state index in [9.17, 15) is 4.39 Å². The predicted octanol–water partition coefficient (Wildman–Crippen LogP) is 3.53. The van der Waals surface area contributed by atoms with Crippen LogP contribution >= 0.6 is 22.6 Å². The molecule has 0 unspecified atom stereocenters. The molecule has 0 saturated heterocycles. The Labute approximate surface area is 119 Å². The van der Waals surface area contributed by atoms with Gasteiger partial charge in [0.2, 0.25) is 0 Å². The van der Waals surface area contributed by atoms with Crippen LogP contribution in [0, 0.1) is 9.39 Å². The lowest BCUT2D eigenvalue weighted by molar-refractivity contribution is 0.626. The van der Waals surface area contributed by atoms with E-state index in [0.717, 1.165) is 28.0 Å². The average Bonchev–Trinajstić information content (AvgIpc) is 2.71. The van der Waals surface area contributed by atoms with Crippen molar-refractivity contribution in [3.63, 3.8) is 0 Å². The summed E-state index contributed by atoms with van der Waals surface area (Å²) in [5.41, 5.74) is 10.2. The van der Waals surface area contributed by atoms with Crippen LogP contribution < -0.4 is 10.6 Å². The topological polar surface area (TPSA) is 29.3 Å². The summed E-state index contributed by atoms with van der Waals surface area (Å²) in [6.45, 7) is 1.69. The van der Waals surface area contributed by atoms with Crippen LogP contribution in [-0.2, 0) is 13.1 Å². The maximum absolute atomic E-state index is 13.1. The lowest BCUT2D eigenvalue weighted by atomic mass is 10.1. The molecule has 2 aromatic rings. The third-order valence-electron chi connectivity index (χ3n) is 3.20. The number of nitrogens with two attached hydrogens (primary N) is 1. The van der Waals surface area contributed by atoms with E-state index in [1.807, 2.05) is 18.2 Å². The van der Waals surface area contributed by atoms with E-state index in [1.165, 1.54) is 17.2 Å². The highest BCUT2D eigenvalue weighted by Crippen LogP contribution is 2.32. The van der Waals surface area contributed by atoms with Crippen molar-refractivity contribution in [2.75, 3.05) is 10.6 Å². The molecule has 2 N–H and O–H groups in total. The molecule has 1 aliphatic rings. The van der Waals surface area contributed by atoms with Gasteiger partial charge in [-0.15, -0.1) is 0 Å². The van der Waals surface area contributed by atoms with Crippen LogP contribution in [0.3, 0.4) is 0 Å². The second-order valence-corrected chi connectivity index (χ2v) is 5.64. The van der Waals surface area contributed by atoms with Gasteiger partial charge in [0.05, 0.1) is 5.69 Å². The molecule has 1 aliphatic heterocycles. The molecular weight excluding hydrogens is 342 g/mol. The number of halogens is 2. The molecule has 18 heavy (non-hydrogen) atoms. The zero-order valence-corrected chi connectivity index (χ0v) is 11.8. The first-order valence-electron chi connectivity index (χ1n) is 5.71. The molecule has 0 aliphatic carbocycles. The Balaban J connectivity index is 1.93. The van der Waals surface area contributed by atoms with Gasteiger partial charge in [-0.2, -0.15) is 0 Å². The molecule has 2 nitrogen and oxygen atoms in total. The second kappa shape index (κ2) is 4.42. The number of rotatable bonds is 1. The lowest BCUT2D eigenvalue weighted by Crippen LogP contribution is -2.15. The van der Waals surface area contributed by atoms with Crippen LogP contribution in [0.4, 0.5) is 15.8 Å². The molecule has 0 atom stereocenters. The van der Waals surface area contributed by atoms with Gasteiger partial charge in [0.15, 0.2) is 0 Å². The van der Waals surface area contributed by atoms with Gasteiger partial charge in [-0.05, 0) is 64.0 Å². The van der Waals surface area contributed by atoms with Gasteiger partial charge in [-0.3, -0.25) is 0 Å². The van der Waals surface area contributed by atoms with Crippen LogP contribution in [0.25, 0.3) is 0 Å². The Kier molecular flexibility index (Phi) is 2.89. The molecule has 0 saturated carbocycles. The lowest BCUT2D eigenvalue weighted by Gasteiger charge is -2.19. The van der Waals surface area contributed by atoms with E-state index in [0.29, 0.717) is 0 Å². The van der Waals surface area contributed by atoms with Crippen molar-refractivity contribution in [2.24, 2.45) is 0 Å². The van der Waals surface area contributed by atoms with E-state index in [4.69, 9.17) is 5.73 Å². The summed E-state index contributed by atoms with van der Waals surface area (Å²) in [6.07, 6.45) is 0. The van der Waals surface area contributed by atoms with E-state index in [-0.39, 0.29) is 5.82 Å². The van der Waals surface area contributed by atoms with E-state index < -0.39 is 0 Å². The van der Waals surface area contributed by atoms with E-state index in [1.54, 1.807) is 6.07 Å². The highest BCUT2D eigenvalue weighted by atomic mass is 127. The number of anilines is 2. The first kappa shape index (κ1) is 11.8. The Morgan fingerprint density at radius 2 is 1.83 bits per heavy atom. The van der Waals surface area contributed by atoms with Gasteiger partial charge in [-0.1, -0.05) is 6.07 Å². The van der Waals surface area contributed by atoms with Gasteiger partial charge in [0, 0.05) is 22.3 Å². The maximum atomic E-state index is 13.1. The van der Waals surface area contributed by atoms with Crippen molar-refractivity contribution in [1.29, 1.82) is 0 Å². The first-order valence-corrected chi connectivity index (χ1v) is 6.78. The monoisotopic (exact) mass is 354 g/mol. The number of benzene rings is 2. The van der Waals surface area contributed by atoms with Gasteiger partial charge < -0.3 is 10.6 Å². The highest BCUT2D eigenvalue weighted by Gasteiger charge is 2.20. The molecular formula is C14H12FIN2. The van der Waals surface area contributed by atoms with Crippen LogP contribution in [0.1, 0.15) is 11.1 Å². The normalized spacial score (nSPS) is 13.8. The second-order valence-electron chi connectivity index (χ2n) is 4.48.